The summed E-state index contributed by atoms with van der Waals surface area (Å²) in [4.78, 5) is 30.5. The summed E-state index contributed by atoms with van der Waals surface area (Å²) in [6.07, 6.45) is 6.83. The normalized spacial score (nSPS) is 22.2. The second-order valence-electron chi connectivity index (χ2n) is 5.58. The second-order valence-corrected chi connectivity index (χ2v) is 6.83. The van der Waals surface area contributed by atoms with Crippen LogP contribution in [0, 0.1) is 0 Å². The molecule has 0 aliphatic carbocycles. The van der Waals surface area contributed by atoms with E-state index in [0.717, 1.165) is 0 Å². The third-order valence-corrected chi connectivity index (χ3v) is 4.65. The van der Waals surface area contributed by atoms with Gasteiger partial charge in [0, 0.05) is 11.2 Å². The maximum Gasteiger partial charge on any atom is 0.250 e. The van der Waals surface area contributed by atoms with Crippen molar-refractivity contribution in [1.29, 1.82) is 0 Å². The molecule has 1 aromatic carbocycles. The Morgan fingerprint density at radius 2 is 1.92 bits per heavy atom. The number of rotatable bonds is 2. The number of hydrogen-bond acceptors (Lipinski definition) is 3. The van der Waals surface area contributed by atoms with Gasteiger partial charge in [0.2, 0.25) is 0 Å². The first-order valence-corrected chi connectivity index (χ1v) is 8.16. The van der Waals surface area contributed by atoms with E-state index >= 15 is 0 Å². The van der Waals surface area contributed by atoms with Gasteiger partial charge in [-0.15, -0.1) is 0 Å². The number of carbonyl (C=O) groups excluding carboxylic acids is 2. The molecule has 24 heavy (non-hydrogen) atoms. The summed E-state index contributed by atoms with van der Waals surface area (Å²) in [5.41, 5.74) is -0.899. The molecule has 0 fully saturated rings. The molecular formula is C16H12Cl3N3O2. The molecule has 0 bridgehead atoms. The van der Waals surface area contributed by atoms with Gasteiger partial charge in [-0.2, -0.15) is 4.99 Å². The van der Waals surface area contributed by atoms with Gasteiger partial charge in [-0.25, -0.2) is 0 Å². The van der Waals surface area contributed by atoms with Crippen LogP contribution in [-0.4, -0.2) is 28.1 Å². The van der Waals surface area contributed by atoms with Gasteiger partial charge in [0.15, 0.2) is 0 Å². The van der Waals surface area contributed by atoms with E-state index in [-0.39, 0.29) is 28.1 Å². The van der Waals surface area contributed by atoms with Crippen molar-refractivity contribution in [3.05, 3.63) is 51.6 Å². The molecule has 5 nitrogen and oxygen atoms in total. The number of hydrogen-bond donors (Lipinski definition) is 1. The fourth-order valence-corrected chi connectivity index (χ4v) is 3.50. The predicted molar refractivity (Wildman–Crippen MR) is 95.7 cm³/mol. The number of allylic oxidation sites excluding steroid dienone is 2. The molecule has 1 aromatic rings. The van der Waals surface area contributed by atoms with E-state index < -0.39 is 11.4 Å². The van der Waals surface area contributed by atoms with Crippen molar-refractivity contribution in [2.24, 2.45) is 4.99 Å². The first-order valence-electron chi connectivity index (χ1n) is 7.03. The highest BCUT2D eigenvalue weighted by atomic mass is 35.5. The maximum absolute atomic E-state index is 12.9. The first kappa shape index (κ1) is 17.0. The van der Waals surface area contributed by atoms with Crippen LogP contribution in [0.5, 0.6) is 0 Å². The van der Waals surface area contributed by atoms with Crippen molar-refractivity contribution in [2.75, 3.05) is 5.32 Å². The van der Waals surface area contributed by atoms with Crippen LogP contribution in [0.3, 0.4) is 0 Å². The van der Waals surface area contributed by atoms with Crippen molar-refractivity contribution < 1.29 is 9.59 Å². The van der Waals surface area contributed by atoms with Gasteiger partial charge < -0.3 is 10.2 Å². The molecule has 0 aromatic heterocycles. The van der Waals surface area contributed by atoms with Crippen LogP contribution in [0.4, 0.5) is 5.69 Å². The molecule has 2 aliphatic heterocycles. The molecule has 3 rings (SSSR count). The minimum absolute atomic E-state index is 0.0661. The number of nitrogens with zero attached hydrogens (tertiary/aromatic N) is 2. The molecule has 124 valence electrons. The van der Waals surface area contributed by atoms with Crippen molar-refractivity contribution in [3.8, 4) is 0 Å². The third kappa shape index (κ3) is 2.95. The van der Waals surface area contributed by atoms with E-state index in [0.29, 0.717) is 10.9 Å². The largest absolute Gasteiger partial charge is 0.321 e. The first-order chi connectivity index (χ1) is 11.3. The average Bonchev–Trinajstić information content (AvgIpc) is 2.50. The topological polar surface area (TPSA) is 61.8 Å². The molecule has 1 atom stereocenters. The van der Waals surface area contributed by atoms with Crippen molar-refractivity contribution >= 4 is 58.1 Å². The number of benzene rings is 1. The fraction of sp³-hybridized carbons (Fsp3) is 0.188. The van der Waals surface area contributed by atoms with Gasteiger partial charge in [-0.1, -0.05) is 40.9 Å². The van der Waals surface area contributed by atoms with Crippen LogP contribution in [0.15, 0.2) is 41.6 Å². The lowest BCUT2D eigenvalue weighted by atomic mass is 9.91. The number of anilines is 1. The lowest BCUT2D eigenvalue weighted by Gasteiger charge is -2.41. The average molecular weight is 385 g/mol. The van der Waals surface area contributed by atoms with Crippen LogP contribution in [0.1, 0.15) is 13.3 Å². The Labute approximate surface area is 153 Å². The lowest BCUT2D eigenvalue weighted by Crippen LogP contribution is -2.58. The molecule has 2 amide bonds. The molecule has 8 heteroatoms. The number of aliphatic imine (C=N–C) groups is 1. The zero-order valence-electron chi connectivity index (χ0n) is 12.5. The number of halogens is 3. The number of amides is 2. The number of carbonyl (C=O) groups is 2. The summed E-state index contributed by atoms with van der Waals surface area (Å²) in [7, 11) is 0. The fourth-order valence-electron chi connectivity index (χ4n) is 2.59. The van der Waals surface area contributed by atoms with E-state index in [1.54, 1.807) is 36.3 Å². The number of fused-ring (bicyclic) bond motifs is 1. The van der Waals surface area contributed by atoms with Crippen molar-refractivity contribution in [3.63, 3.8) is 0 Å². The summed E-state index contributed by atoms with van der Waals surface area (Å²) in [5.74, 6) is -0.374. The van der Waals surface area contributed by atoms with Crippen LogP contribution >= 0.6 is 34.8 Å². The summed E-state index contributed by atoms with van der Waals surface area (Å²) < 4.78 is 0. The minimum Gasteiger partial charge on any atom is -0.321 e. The quantitative estimate of drug-likeness (QED) is 0.836. The van der Waals surface area contributed by atoms with Gasteiger partial charge in [0.1, 0.15) is 11.4 Å². The van der Waals surface area contributed by atoms with Crippen LogP contribution < -0.4 is 5.32 Å². The minimum atomic E-state index is -1.15. The zero-order valence-corrected chi connectivity index (χ0v) is 14.8. The number of amidine groups is 1. The van der Waals surface area contributed by atoms with E-state index in [2.05, 4.69) is 10.3 Å². The number of nitrogens with one attached hydrogen (secondary N) is 1. The predicted octanol–water partition coefficient (Wildman–Crippen LogP) is 4.06. The monoisotopic (exact) mass is 383 g/mol. The van der Waals surface area contributed by atoms with E-state index in [9.17, 15) is 9.59 Å². The Hall–Kier alpha value is -1.82. The highest BCUT2D eigenvalue weighted by molar-refractivity contribution is 6.42. The summed E-state index contributed by atoms with van der Waals surface area (Å²) in [6, 6.07) is 2.96. The van der Waals surface area contributed by atoms with Gasteiger partial charge in [-0.3, -0.25) is 9.59 Å². The SMILES string of the molecule is CC1(C(=O)Nc2c(Cl)cc(Cl)cc2Cl)CC(=O)N=C2C=CC=CN21. The van der Waals surface area contributed by atoms with Crippen LogP contribution in [-0.2, 0) is 9.59 Å². The lowest BCUT2D eigenvalue weighted by molar-refractivity contribution is -0.130. The molecule has 2 aliphatic rings. The highest BCUT2D eigenvalue weighted by Gasteiger charge is 2.45. The molecule has 0 spiro atoms. The summed E-state index contributed by atoms with van der Waals surface area (Å²) in [5, 5.41) is 3.50. The van der Waals surface area contributed by atoms with Crippen LogP contribution in [0.2, 0.25) is 15.1 Å². The highest BCUT2D eigenvalue weighted by Crippen LogP contribution is 2.36. The van der Waals surface area contributed by atoms with Crippen molar-refractivity contribution in [2.45, 2.75) is 18.9 Å². The molecule has 2 heterocycles. The third-order valence-electron chi connectivity index (χ3n) is 3.84. The van der Waals surface area contributed by atoms with E-state index in [1.165, 1.54) is 12.1 Å². The van der Waals surface area contributed by atoms with E-state index in [4.69, 9.17) is 34.8 Å². The molecule has 0 radical (unpaired) electrons. The molecule has 0 saturated heterocycles. The standard InChI is InChI=1S/C16H12Cl3N3O2/c1-16(8-13(23)20-12-4-2-3-5-22(12)16)15(24)21-14-10(18)6-9(17)7-11(14)19/h2-7H,8H2,1H3,(H,21,24). The Morgan fingerprint density at radius 1 is 1.25 bits per heavy atom. The van der Waals surface area contributed by atoms with Gasteiger partial charge in [0.25, 0.3) is 11.8 Å². The van der Waals surface area contributed by atoms with Gasteiger partial charge >= 0.3 is 0 Å². The molecule has 1 unspecified atom stereocenters. The Morgan fingerprint density at radius 3 is 2.58 bits per heavy atom. The second kappa shape index (κ2) is 6.24. The smallest absolute Gasteiger partial charge is 0.250 e. The van der Waals surface area contributed by atoms with Crippen molar-refractivity contribution in [1.82, 2.24) is 4.90 Å². The zero-order chi connectivity index (χ0) is 17.5. The Kier molecular flexibility index (Phi) is 4.42. The van der Waals surface area contributed by atoms with Gasteiger partial charge in [-0.05, 0) is 31.2 Å². The van der Waals surface area contributed by atoms with E-state index in [1.807, 2.05) is 0 Å². The molecular weight excluding hydrogens is 373 g/mol. The summed E-state index contributed by atoms with van der Waals surface area (Å²) >= 11 is 18.1. The molecule has 1 N–H and O–H groups in total. The van der Waals surface area contributed by atoms with Crippen LogP contribution in [0.25, 0.3) is 0 Å². The van der Waals surface area contributed by atoms with Gasteiger partial charge in [0.05, 0.1) is 22.2 Å². The Balaban J connectivity index is 1.95. The molecule has 0 saturated carbocycles. The Bertz CT molecular complexity index is 809. The maximum atomic E-state index is 12.9. The summed E-state index contributed by atoms with van der Waals surface area (Å²) in [6.45, 7) is 1.66.